The Labute approximate surface area is 241 Å². The summed E-state index contributed by atoms with van der Waals surface area (Å²) in [6.45, 7) is 0. The maximum Gasteiger partial charge on any atom is 0.0693 e. The molecule has 0 saturated heterocycles. The van der Waals surface area contributed by atoms with Crippen molar-refractivity contribution < 1.29 is 5.21 Å². The van der Waals surface area contributed by atoms with Crippen LogP contribution in [0.25, 0.3) is 0 Å². The molecule has 0 aliphatic heterocycles. The zero-order valence-electron chi connectivity index (χ0n) is 22.6. The molecular weight excluding hydrogens is 502 g/mol. The number of hydrogen-bond donors (Lipinski definition) is 3. The number of nitrogens with zero attached hydrogens (tertiary/aromatic N) is 1. The molecular formula is C37H31N3O. The molecule has 0 aliphatic rings. The van der Waals surface area contributed by atoms with E-state index in [4.69, 9.17) is 0 Å². The molecule has 200 valence electrons. The van der Waals surface area contributed by atoms with Gasteiger partial charge in [0, 0.05) is 28.7 Å². The molecule has 0 unspecified atom stereocenters. The Hall–Kier alpha value is -5.32. The van der Waals surface area contributed by atoms with E-state index in [-0.39, 0.29) is 5.92 Å². The number of nitrogens with one attached hydrogen (secondary N) is 2. The minimum atomic E-state index is 0.0180. The van der Waals surface area contributed by atoms with Crippen molar-refractivity contribution in [2.45, 2.75) is 5.92 Å². The van der Waals surface area contributed by atoms with Crippen molar-refractivity contribution in [1.29, 1.82) is 0 Å². The maximum absolute atomic E-state index is 10.8. The summed E-state index contributed by atoms with van der Waals surface area (Å²) in [4.78, 5) is 0. The van der Waals surface area contributed by atoms with Gasteiger partial charge in [-0.05, 0) is 89.5 Å². The lowest BCUT2D eigenvalue weighted by atomic mass is 9.85. The molecule has 0 aromatic heterocycles. The van der Waals surface area contributed by atoms with E-state index in [0.29, 0.717) is 5.69 Å². The van der Waals surface area contributed by atoms with Gasteiger partial charge in [-0.15, -0.1) is 0 Å². The largest absolute Gasteiger partial charge is 0.356 e. The highest BCUT2D eigenvalue weighted by atomic mass is 16.5. The summed E-state index contributed by atoms with van der Waals surface area (Å²) in [6, 6.07) is 55.2. The second kappa shape index (κ2) is 12.2. The summed E-state index contributed by atoms with van der Waals surface area (Å²) in [5.74, 6) is 0.0180. The first kappa shape index (κ1) is 25.9. The second-order valence-electron chi connectivity index (χ2n) is 9.90. The molecule has 0 atom stereocenters. The van der Waals surface area contributed by atoms with Crippen LogP contribution in [-0.4, -0.2) is 5.21 Å². The Morgan fingerprint density at radius 1 is 0.366 bits per heavy atom. The van der Waals surface area contributed by atoms with E-state index in [9.17, 15) is 5.21 Å². The van der Waals surface area contributed by atoms with Gasteiger partial charge >= 0.3 is 0 Å². The Morgan fingerprint density at radius 2 is 0.683 bits per heavy atom. The smallest absolute Gasteiger partial charge is 0.0693 e. The van der Waals surface area contributed by atoms with Gasteiger partial charge in [-0.25, -0.2) is 5.06 Å². The monoisotopic (exact) mass is 533 g/mol. The molecule has 0 spiro atoms. The molecule has 0 bridgehead atoms. The van der Waals surface area contributed by atoms with E-state index in [1.54, 1.807) is 0 Å². The summed E-state index contributed by atoms with van der Waals surface area (Å²) in [6.07, 6.45) is 0. The van der Waals surface area contributed by atoms with Gasteiger partial charge in [-0.2, -0.15) is 0 Å². The van der Waals surface area contributed by atoms with Crippen LogP contribution in [0.2, 0.25) is 0 Å². The first-order valence-electron chi connectivity index (χ1n) is 13.7. The van der Waals surface area contributed by atoms with Crippen molar-refractivity contribution in [3.05, 3.63) is 180 Å². The molecule has 3 N–H and O–H groups in total. The number of rotatable bonds is 9. The van der Waals surface area contributed by atoms with Gasteiger partial charge in [0.25, 0.3) is 0 Å². The van der Waals surface area contributed by atoms with E-state index in [0.717, 1.165) is 34.0 Å². The molecule has 6 aromatic carbocycles. The van der Waals surface area contributed by atoms with E-state index < -0.39 is 0 Å². The average molecular weight is 534 g/mol. The molecule has 0 heterocycles. The Kier molecular flexibility index (Phi) is 7.74. The van der Waals surface area contributed by atoms with Crippen LogP contribution in [0.4, 0.5) is 34.1 Å². The SMILES string of the molecule is ON(c1ccccc1)c1ccc(C(c2ccc(Nc3ccccc3)cc2)c2ccc(Nc3ccccc3)cc2)cc1. The third kappa shape index (κ3) is 6.30. The summed E-state index contributed by atoms with van der Waals surface area (Å²) < 4.78 is 0. The van der Waals surface area contributed by atoms with Crippen molar-refractivity contribution in [2.24, 2.45) is 0 Å². The van der Waals surface area contributed by atoms with Crippen LogP contribution >= 0.6 is 0 Å². The van der Waals surface area contributed by atoms with Gasteiger partial charge in [0.05, 0.1) is 11.4 Å². The maximum atomic E-state index is 10.8. The number of benzene rings is 6. The fourth-order valence-electron chi connectivity index (χ4n) is 5.00. The lowest BCUT2D eigenvalue weighted by Crippen LogP contribution is -2.10. The van der Waals surface area contributed by atoms with E-state index >= 15 is 0 Å². The van der Waals surface area contributed by atoms with Crippen molar-refractivity contribution in [2.75, 3.05) is 15.7 Å². The predicted octanol–water partition coefficient (Wildman–Crippen LogP) is 9.88. The van der Waals surface area contributed by atoms with Crippen molar-refractivity contribution >= 4 is 34.1 Å². The molecule has 0 aliphatic carbocycles. The molecule has 6 aromatic rings. The van der Waals surface area contributed by atoms with Crippen LogP contribution in [0, 0.1) is 0 Å². The summed E-state index contributed by atoms with van der Waals surface area (Å²) in [7, 11) is 0. The molecule has 0 saturated carbocycles. The summed E-state index contributed by atoms with van der Waals surface area (Å²) in [5, 5.41) is 18.9. The molecule has 0 fully saturated rings. The first-order chi connectivity index (χ1) is 20.2. The standard InChI is InChI=1S/C37H31N3O/c41-40(35-14-8-3-9-15-35)36-26-20-30(21-27-36)37(28-16-22-33(23-17-28)38-31-10-4-1-5-11-31)29-18-24-34(25-19-29)39-32-12-6-2-7-13-32/h1-27,37-39,41H. The van der Waals surface area contributed by atoms with Gasteiger partial charge in [0.1, 0.15) is 0 Å². The number of para-hydroxylation sites is 3. The van der Waals surface area contributed by atoms with Gasteiger partial charge < -0.3 is 10.6 Å². The van der Waals surface area contributed by atoms with Crippen LogP contribution in [0.1, 0.15) is 22.6 Å². The molecule has 4 heteroatoms. The van der Waals surface area contributed by atoms with Gasteiger partial charge in [0.2, 0.25) is 0 Å². The lowest BCUT2D eigenvalue weighted by molar-refractivity contribution is 0.301. The second-order valence-corrected chi connectivity index (χ2v) is 9.90. The van der Waals surface area contributed by atoms with Crippen molar-refractivity contribution in [3.8, 4) is 0 Å². The Balaban J connectivity index is 1.30. The van der Waals surface area contributed by atoms with E-state index in [1.165, 1.54) is 16.2 Å². The first-order valence-corrected chi connectivity index (χ1v) is 13.7. The Morgan fingerprint density at radius 3 is 1.10 bits per heavy atom. The molecule has 0 amide bonds. The highest BCUT2D eigenvalue weighted by molar-refractivity contribution is 5.64. The predicted molar refractivity (Wildman–Crippen MR) is 170 cm³/mol. The summed E-state index contributed by atoms with van der Waals surface area (Å²) in [5.41, 5.74) is 9.13. The zero-order chi connectivity index (χ0) is 27.9. The van der Waals surface area contributed by atoms with Gasteiger partial charge in [-0.1, -0.05) is 91.0 Å². The topological polar surface area (TPSA) is 47.5 Å². The van der Waals surface area contributed by atoms with Crippen LogP contribution in [0.15, 0.2) is 164 Å². The molecule has 41 heavy (non-hydrogen) atoms. The Bertz CT molecular complexity index is 1570. The normalized spacial score (nSPS) is 10.8. The van der Waals surface area contributed by atoms with E-state index in [2.05, 4.69) is 95.6 Å². The van der Waals surface area contributed by atoms with Crippen LogP contribution in [0.5, 0.6) is 0 Å². The number of hydrogen-bond acceptors (Lipinski definition) is 4. The average Bonchev–Trinajstić information content (AvgIpc) is 3.04. The van der Waals surface area contributed by atoms with Gasteiger partial charge in [0.15, 0.2) is 0 Å². The number of anilines is 6. The lowest BCUT2D eigenvalue weighted by Gasteiger charge is -2.22. The summed E-state index contributed by atoms with van der Waals surface area (Å²) >= 11 is 0. The third-order valence-electron chi connectivity index (χ3n) is 7.08. The van der Waals surface area contributed by atoms with Crippen LogP contribution < -0.4 is 15.7 Å². The van der Waals surface area contributed by atoms with Gasteiger partial charge in [-0.3, -0.25) is 5.21 Å². The van der Waals surface area contributed by atoms with Crippen molar-refractivity contribution in [1.82, 2.24) is 0 Å². The molecule has 6 rings (SSSR count). The third-order valence-corrected chi connectivity index (χ3v) is 7.08. The van der Waals surface area contributed by atoms with E-state index in [1.807, 2.05) is 78.9 Å². The fourth-order valence-corrected chi connectivity index (χ4v) is 5.00. The minimum absolute atomic E-state index is 0.0180. The zero-order valence-corrected chi connectivity index (χ0v) is 22.6. The highest BCUT2D eigenvalue weighted by Crippen LogP contribution is 2.35. The highest BCUT2D eigenvalue weighted by Gasteiger charge is 2.18. The van der Waals surface area contributed by atoms with Crippen molar-refractivity contribution in [3.63, 3.8) is 0 Å². The van der Waals surface area contributed by atoms with Crippen LogP contribution in [-0.2, 0) is 0 Å². The molecule has 0 radical (unpaired) electrons. The van der Waals surface area contributed by atoms with Crippen LogP contribution in [0.3, 0.4) is 0 Å². The minimum Gasteiger partial charge on any atom is -0.356 e. The molecule has 4 nitrogen and oxygen atoms in total. The quantitative estimate of drug-likeness (QED) is 0.128. The fraction of sp³-hybridized carbons (Fsp3) is 0.0270.